The van der Waals surface area contributed by atoms with Crippen LogP contribution < -0.4 is 0 Å². The van der Waals surface area contributed by atoms with Crippen molar-refractivity contribution in [3.8, 4) is 39.5 Å². The van der Waals surface area contributed by atoms with E-state index in [4.69, 9.17) is 14.4 Å². The van der Waals surface area contributed by atoms with Gasteiger partial charge in [0.1, 0.15) is 5.58 Å². The summed E-state index contributed by atoms with van der Waals surface area (Å²) in [6, 6.07) is 56.5. The average molecular weight is 931 g/mol. The van der Waals surface area contributed by atoms with E-state index in [1.807, 2.05) is 72.9 Å². The average Bonchev–Trinajstić information content (AvgIpc) is 3.83. The fraction of sp³-hybridized carbons (Fsp3) is 0.135. The van der Waals surface area contributed by atoms with Gasteiger partial charge in [-0.05, 0) is 58.8 Å². The normalized spacial score (nSPS) is 11.4. The zero-order valence-corrected chi connectivity index (χ0v) is 35.5. The Morgan fingerprint density at radius 3 is 2.02 bits per heavy atom. The maximum atomic E-state index is 6.49. The van der Waals surface area contributed by atoms with Crippen LogP contribution in [0, 0.1) is 19.1 Å². The number of nitrogens with zero attached hydrogens (tertiary/aromatic N) is 4. The maximum absolute atomic E-state index is 6.49. The molecule has 0 N–H and O–H groups in total. The van der Waals surface area contributed by atoms with Crippen LogP contribution in [0.1, 0.15) is 56.4 Å². The van der Waals surface area contributed by atoms with Gasteiger partial charge in [0.05, 0.1) is 16.9 Å². The molecule has 0 aliphatic carbocycles. The molecule has 0 aliphatic rings. The van der Waals surface area contributed by atoms with E-state index in [1.165, 1.54) is 27.9 Å². The Morgan fingerprint density at radius 1 is 0.603 bits per heavy atom. The standard InChI is InChI=1S/C35H30N3O.C17H12N.Ir/c1-20(2)23-15-10-16-24(21(3)4)31(23)38-32-27-14-7-6-12-25(27)22(5)36-34(32)37-35(38)29-18-11-17-28-26-13-8-9-19-30(26)39-33(28)29;1-3-7-14(8-4-1)16-11-12-18-17(13-16)15-9-5-2-6-10-15;/h6-17,19-21H,1-5H3;1-9,11-13H;/q2*-1;. The van der Waals surface area contributed by atoms with Crippen LogP contribution in [-0.4, -0.2) is 19.5 Å². The van der Waals surface area contributed by atoms with E-state index in [0.29, 0.717) is 11.8 Å². The van der Waals surface area contributed by atoms with Crippen LogP contribution >= 0.6 is 0 Å². The molecule has 58 heavy (non-hydrogen) atoms. The molecule has 0 unspecified atom stereocenters. The quantitative estimate of drug-likeness (QED) is 0.156. The number of benzene rings is 6. The van der Waals surface area contributed by atoms with Crippen molar-refractivity contribution in [2.75, 3.05) is 0 Å². The number of imidazole rings is 1. The minimum absolute atomic E-state index is 0. The van der Waals surface area contributed by atoms with Gasteiger partial charge in [0.2, 0.25) is 0 Å². The van der Waals surface area contributed by atoms with Crippen molar-refractivity contribution in [1.29, 1.82) is 0 Å². The number of para-hydroxylation sites is 2. The minimum Gasteiger partial charge on any atom is -0.501 e. The monoisotopic (exact) mass is 931 g/mol. The van der Waals surface area contributed by atoms with Gasteiger partial charge in [0.25, 0.3) is 0 Å². The molecule has 0 atom stereocenters. The smallest absolute Gasteiger partial charge is 0.169 e. The third-order valence-corrected chi connectivity index (χ3v) is 10.7. The second kappa shape index (κ2) is 16.3. The summed E-state index contributed by atoms with van der Waals surface area (Å²) in [7, 11) is 0. The van der Waals surface area contributed by atoms with E-state index >= 15 is 0 Å². The van der Waals surface area contributed by atoms with Crippen LogP contribution in [0.3, 0.4) is 0 Å². The molecule has 5 nitrogen and oxygen atoms in total. The fourth-order valence-electron chi connectivity index (χ4n) is 7.90. The number of rotatable bonds is 6. The molecule has 0 saturated carbocycles. The largest absolute Gasteiger partial charge is 0.501 e. The van der Waals surface area contributed by atoms with Gasteiger partial charge in [0.15, 0.2) is 5.65 Å². The maximum Gasteiger partial charge on any atom is 0.169 e. The van der Waals surface area contributed by atoms with Crippen molar-refractivity contribution in [3.05, 3.63) is 181 Å². The summed E-state index contributed by atoms with van der Waals surface area (Å²) in [6.07, 6.45) is 1.85. The zero-order valence-electron chi connectivity index (χ0n) is 33.1. The SMILES string of the molecule is Cc1nc2nc(-c3[c-]ccc4c3oc3ccccc34)n(-c3c(C(C)C)cccc3C(C)C)c2c2ccccc12.[Ir].[c-]1ccccc1-c1cc(-c2ccccc2)ccn1. The molecule has 0 fully saturated rings. The predicted octanol–water partition coefficient (Wildman–Crippen LogP) is 13.7. The molecule has 1 radical (unpaired) electrons. The molecule has 0 aliphatic heterocycles. The molecule has 10 aromatic rings. The number of hydrogen-bond acceptors (Lipinski definition) is 4. The van der Waals surface area contributed by atoms with Gasteiger partial charge < -0.3 is 14.0 Å². The van der Waals surface area contributed by atoms with Gasteiger partial charge in [-0.25, -0.2) is 4.98 Å². The van der Waals surface area contributed by atoms with Crippen LogP contribution in [0.2, 0.25) is 0 Å². The molecular weight excluding hydrogens is 889 g/mol. The first kappa shape index (κ1) is 38.7. The molecular formula is C52H42IrN4O-2. The summed E-state index contributed by atoms with van der Waals surface area (Å²) in [5.74, 6) is 1.44. The van der Waals surface area contributed by atoms with E-state index in [0.717, 1.165) is 72.2 Å². The van der Waals surface area contributed by atoms with Gasteiger partial charge >= 0.3 is 0 Å². The van der Waals surface area contributed by atoms with Gasteiger partial charge in [-0.2, -0.15) is 0 Å². The van der Waals surface area contributed by atoms with Gasteiger partial charge in [0, 0.05) is 53.8 Å². The number of fused-ring (bicyclic) bond motifs is 6. The van der Waals surface area contributed by atoms with Crippen molar-refractivity contribution >= 4 is 43.9 Å². The van der Waals surface area contributed by atoms with Gasteiger partial charge in [-0.1, -0.05) is 136 Å². The first-order valence-electron chi connectivity index (χ1n) is 19.6. The molecule has 0 saturated heterocycles. The van der Waals surface area contributed by atoms with Gasteiger partial charge in [-0.3, -0.25) is 4.98 Å². The zero-order chi connectivity index (χ0) is 39.0. The number of pyridine rings is 2. The van der Waals surface area contributed by atoms with Crippen molar-refractivity contribution < 1.29 is 24.5 Å². The minimum atomic E-state index is 0. The Morgan fingerprint density at radius 2 is 1.29 bits per heavy atom. The topological polar surface area (TPSA) is 56.7 Å². The van der Waals surface area contributed by atoms with E-state index < -0.39 is 0 Å². The van der Waals surface area contributed by atoms with Crippen molar-refractivity contribution in [2.45, 2.75) is 46.5 Å². The second-order valence-corrected chi connectivity index (χ2v) is 15.0. The molecule has 4 aromatic heterocycles. The molecule has 0 bridgehead atoms. The van der Waals surface area contributed by atoms with Crippen LogP contribution in [0.15, 0.2) is 156 Å². The number of furan rings is 1. The molecule has 6 heteroatoms. The number of hydrogen-bond donors (Lipinski definition) is 0. The third kappa shape index (κ3) is 7.04. The van der Waals surface area contributed by atoms with Crippen LogP contribution in [0.5, 0.6) is 0 Å². The summed E-state index contributed by atoms with van der Waals surface area (Å²) in [6.45, 7) is 11.1. The Balaban J connectivity index is 0.000000207. The van der Waals surface area contributed by atoms with Crippen molar-refractivity contribution in [1.82, 2.24) is 19.5 Å². The predicted molar refractivity (Wildman–Crippen MR) is 235 cm³/mol. The summed E-state index contributed by atoms with van der Waals surface area (Å²) in [5.41, 5.74) is 13.3. The Labute approximate surface area is 352 Å². The Kier molecular flexibility index (Phi) is 10.9. The molecule has 0 amide bonds. The number of aromatic nitrogens is 4. The second-order valence-electron chi connectivity index (χ2n) is 15.0. The molecule has 10 rings (SSSR count). The van der Waals surface area contributed by atoms with Crippen molar-refractivity contribution in [3.63, 3.8) is 0 Å². The van der Waals surface area contributed by atoms with E-state index in [1.54, 1.807) is 0 Å². The Bertz CT molecular complexity index is 2960. The van der Waals surface area contributed by atoms with Crippen LogP contribution in [0.25, 0.3) is 83.3 Å². The van der Waals surface area contributed by atoms with Crippen LogP contribution in [0.4, 0.5) is 0 Å². The first-order chi connectivity index (χ1) is 27.9. The summed E-state index contributed by atoms with van der Waals surface area (Å²) < 4.78 is 8.83. The summed E-state index contributed by atoms with van der Waals surface area (Å²) in [4.78, 5) is 14.7. The third-order valence-electron chi connectivity index (χ3n) is 10.7. The Hall–Kier alpha value is -6.20. The molecule has 4 heterocycles. The van der Waals surface area contributed by atoms with Crippen LogP contribution in [-0.2, 0) is 20.1 Å². The van der Waals surface area contributed by atoms with E-state index in [9.17, 15) is 0 Å². The molecule has 287 valence electrons. The molecule has 6 aromatic carbocycles. The fourth-order valence-corrected chi connectivity index (χ4v) is 7.90. The van der Waals surface area contributed by atoms with E-state index in [2.05, 4.69) is 135 Å². The summed E-state index contributed by atoms with van der Waals surface area (Å²) >= 11 is 0. The van der Waals surface area contributed by atoms with E-state index in [-0.39, 0.29) is 20.1 Å². The first-order valence-corrected chi connectivity index (χ1v) is 19.6. The van der Waals surface area contributed by atoms with Gasteiger partial charge in [-0.15, -0.1) is 54.1 Å². The number of aryl methyl sites for hydroxylation is 1. The van der Waals surface area contributed by atoms with Crippen molar-refractivity contribution in [2.24, 2.45) is 0 Å². The summed E-state index contributed by atoms with van der Waals surface area (Å²) in [5, 5.41) is 4.43. The molecule has 0 spiro atoms.